The molecule has 0 saturated carbocycles. The molecule has 0 fully saturated rings. The molecule has 0 aliphatic heterocycles. The molecule has 2 rings (SSSR count). The molecule has 0 aliphatic carbocycles. The summed E-state index contributed by atoms with van der Waals surface area (Å²) >= 11 is 0. The van der Waals surface area contributed by atoms with E-state index in [0.29, 0.717) is 17.5 Å². The maximum Gasteiger partial charge on any atom is 0.349 e. The van der Waals surface area contributed by atoms with Crippen molar-refractivity contribution >= 4 is 22.8 Å². The van der Waals surface area contributed by atoms with Gasteiger partial charge >= 0.3 is 5.63 Å². The van der Waals surface area contributed by atoms with Crippen LogP contribution in [0.2, 0.25) is 0 Å². The number of amides is 2. The van der Waals surface area contributed by atoms with Gasteiger partial charge in [-0.15, -0.1) is 0 Å². The molecule has 0 atom stereocenters. The fourth-order valence-corrected chi connectivity index (χ4v) is 1.74. The Morgan fingerprint density at radius 2 is 1.95 bits per heavy atom. The van der Waals surface area contributed by atoms with Crippen molar-refractivity contribution in [2.45, 2.75) is 6.92 Å². The average Bonchev–Trinajstić information content (AvgIpc) is 2.44. The highest BCUT2D eigenvalue weighted by Crippen LogP contribution is 2.12. The van der Waals surface area contributed by atoms with E-state index >= 15 is 0 Å². The first kappa shape index (κ1) is 13.8. The molecule has 2 N–H and O–H groups in total. The predicted molar refractivity (Wildman–Crippen MR) is 73.5 cm³/mol. The summed E-state index contributed by atoms with van der Waals surface area (Å²) in [5.41, 5.74) is -0.428. The van der Waals surface area contributed by atoms with Gasteiger partial charge in [-0.3, -0.25) is 9.59 Å². The topological polar surface area (TPSA) is 88.4 Å². The van der Waals surface area contributed by atoms with Gasteiger partial charge in [0.25, 0.3) is 5.91 Å². The van der Waals surface area contributed by atoms with Gasteiger partial charge in [-0.2, -0.15) is 0 Å². The van der Waals surface area contributed by atoms with Gasteiger partial charge in [0, 0.05) is 11.9 Å². The number of nitrogens with one attached hydrogen (secondary N) is 2. The van der Waals surface area contributed by atoms with Crippen LogP contribution in [0, 0.1) is 0 Å². The monoisotopic (exact) mass is 274 g/mol. The number of hydrogen-bond acceptors (Lipinski definition) is 4. The Labute approximate surface area is 114 Å². The molecule has 20 heavy (non-hydrogen) atoms. The minimum atomic E-state index is -0.725. The van der Waals surface area contributed by atoms with E-state index in [1.807, 2.05) is 0 Å². The highest BCUT2D eigenvalue weighted by atomic mass is 16.4. The molecule has 6 heteroatoms. The van der Waals surface area contributed by atoms with E-state index in [-0.39, 0.29) is 18.0 Å². The van der Waals surface area contributed by atoms with Gasteiger partial charge in [0.2, 0.25) is 5.91 Å². The Morgan fingerprint density at radius 3 is 2.70 bits per heavy atom. The minimum absolute atomic E-state index is 0.118. The number of para-hydroxylation sites is 1. The van der Waals surface area contributed by atoms with Crippen molar-refractivity contribution in [1.82, 2.24) is 10.6 Å². The highest BCUT2D eigenvalue weighted by Gasteiger charge is 2.14. The zero-order valence-corrected chi connectivity index (χ0v) is 10.9. The van der Waals surface area contributed by atoms with Crippen molar-refractivity contribution in [3.8, 4) is 0 Å². The third kappa shape index (κ3) is 3.03. The molecule has 1 aromatic carbocycles. The summed E-state index contributed by atoms with van der Waals surface area (Å²) in [4.78, 5) is 34.8. The predicted octanol–water partition coefficient (Wildman–Crippen LogP) is 0.659. The zero-order valence-electron chi connectivity index (χ0n) is 10.9. The summed E-state index contributed by atoms with van der Waals surface area (Å²) in [5.74, 6) is -0.943. The molecule has 0 radical (unpaired) electrons. The van der Waals surface area contributed by atoms with E-state index in [1.54, 1.807) is 31.2 Å². The first-order valence-electron chi connectivity index (χ1n) is 6.19. The summed E-state index contributed by atoms with van der Waals surface area (Å²) in [6.07, 6.45) is 0. The van der Waals surface area contributed by atoms with Crippen LogP contribution in [0.25, 0.3) is 11.0 Å². The van der Waals surface area contributed by atoms with Crippen LogP contribution < -0.4 is 16.3 Å². The van der Waals surface area contributed by atoms with E-state index in [1.165, 1.54) is 6.07 Å². The third-order valence-corrected chi connectivity index (χ3v) is 2.67. The van der Waals surface area contributed by atoms with Crippen LogP contribution in [0.3, 0.4) is 0 Å². The van der Waals surface area contributed by atoms with Crippen molar-refractivity contribution in [3.05, 3.63) is 46.3 Å². The first-order valence-corrected chi connectivity index (χ1v) is 6.19. The van der Waals surface area contributed by atoms with Gasteiger partial charge in [-0.25, -0.2) is 4.79 Å². The molecular formula is C14H14N2O4. The average molecular weight is 274 g/mol. The molecule has 6 nitrogen and oxygen atoms in total. The summed E-state index contributed by atoms with van der Waals surface area (Å²) in [7, 11) is 0. The number of carbonyl (C=O) groups is 2. The maximum absolute atomic E-state index is 11.9. The fourth-order valence-electron chi connectivity index (χ4n) is 1.74. The number of carbonyl (C=O) groups excluding carboxylic acids is 2. The van der Waals surface area contributed by atoms with Crippen LogP contribution in [0.1, 0.15) is 17.3 Å². The second-order valence-corrected chi connectivity index (χ2v) is 4.12. The van der Waals surface area contributed by atoms with E-state index in [0.717, 1.165) is 0 Å². The minimum Gasteiger partial charge on any atom is -0.422 e. The quantitative estimate of drug-likeness (QED) is 0.802. The van der Waals surface area contributed by atoms with E-state index in [9.17, 15) is 14.4 Å². The van der Waals surface area contributed by atoms with Crippen molar-refractivity contribution in [2.24, 2.45) is 0 Å². The SMILES string of the molecule is CCNC(=O)CNC(=O)c1cc2ccccc2oc1=O. The number of likely N-dealkylation sites (N-methyl/N-ethyl adjacent to an activating group) is 1. The summed E-state index contributed by atoms with van der Waals surface area (Å²) in [5, 5.41) is 5.57. The molecule has 1 heterocycles. The number of hydrogen-bond donors (Lipinski definition) is 2. The Bertz CT molecular complexity index is 706. The molecular weight excluding hydrogens is 260 g/mol. The van der Waals surface area contributed by atoms with Gasteiger partial charge < -0.3 is 15.1 Å². The van der Waals surface area contributed by atoms with Crippen LogP contribution >= 0.6 is 0 Å². The van der Waals surface area contributed by atoms with Gasteiger partial charge in [-0.1, -0.05) is 18.2 Å². The normalized spacial score (nSPS) is 10.2. The van der Waals surface area contributed by atoms with E-state index < -0.39 is 11.5 Å². The fraction of sp³-hybridized carbons (Fsp3) is 0.214. The maximum atomic E-state index is 11.9. The lowest BCUT2D eigenvalue weighted by Crippen LogP contribution is -2.38. The van der Waals surface area contributed by atoms with Crippen LogP contribution in [0.15, 0.2) is 39.5 Å². The first-order chi connectivity index (χ1) is 9.61. The summed E-state index contributed by atoms with van der Waals surface area (Å²) in [6, 6.07) is 8.35. The molecule has 2 aromatic rings. The third-order valence-electron chi connectivity index (χ3n) is 2.67. The molecule has 0 unspecified atom stereocenters. The summed E-state index contributed by atoms with van der Waals surface area (Å²) < 4.78 is 5.05. The Hall–Kier alpha value is -2.63. The number of fused-ring (bicyclic) bond motifs is 1. The lowest BCUT2D eigenvalue weighted by Gasteiger charge is -2.05. The standard InChI is InChI=1S/C14H14N2O4/c1-2-15-12(17)8-16-13(18)10-7-9-5-3-4-6-11(9)20-14(10)19/h3-7H,2,8H2,1H3,(H,15,17)(H,16,18). The molecule has 0 spiro atoms. The van der Waals surface area contributed by atoms with Crippen LogP contribution in [-0.2, 0) is 4.79 Å². The van der Waals surface area contributed by atoms with Crippen molar-refractivity contribution in [3.63, 3.8) is 0 Å². The van der Waals surface area contributed by atoms with Gasteiger partial charge in [0.05, 0.1) is 6.54 Å². The molecule has 104 valence electrons. The highest BCUT2D eigenvalue weighted by molar-refractivity contribution is 5.98. The van der Waals surface area contributed by atoms with E-state index in [2.05, 4.69) is 10.6 Å². The van der Waals surface area contributed by atoms with E-state index in [4.69, 9.17) is 4.42 Å². The van der Waals surface area contributed by atoms with Crippen LogP contribution in [0.4, 0.5) is 0 Å². The number of rotatable bonds is 4. The lowest BCUT2D eigenvalue weighted by molar-refractivity contribution is -0.120. The molecule has 1 aromatic heterocycles. The number of benzene rings is 1. The van der Waals surface area contributed by atoms with Gasteiger partial charge in [-0.05, 0) is 19.1 Å². The second kappa shape index (κ2) is 6.01. The largest absolute Gasteiger partial charge is 0.422 e. The molecule has 2 amide bonds. The van der Waals surface area contributed by atoms with Crippen LogP contribution in [-0.4, -0.2) is 24.9 Å². The molecule has 0 saturated heterocycles. The Kier molecular flexibility index (Phi) is 4.14. The van der Waals surface area contributed by atoms with Crippen molar-refractivity contribution < 1.29 is 14.0 Å². The van der Waals surface area contributed by atoms with Gasteiger partial charge in [0.1, 0.15) is 11.1 Å². The Balaban J connectivity index is 2.19. The lowest BCUT2D eigenvalue weighted by atomic mass is 10.2. The molecule has 0 bridgehead atoms. The smallest absolute Gasteiger partial charge is 0.349 e. The van der Waals surface area contributed by atoms with Crippen molar-refractivity contribution in [1.29, 1.82) is 0 Å². The molecule has 0 aliphatic rings. The second-order valence-electron chi connectivity index (χ2n) is 4.12. The van der Waals surface area contributed by atoms with Gasteiger partial charge in [0.15, 0.2) is 0 Å². The van der Waals surface area contributed by atoms with Crippen molar-refractivity contribution in [2.75, 3.05) is 13.1 Å². The Morgan fingerprint density at radius 1 is 1.20 bits per heavy atom. The zero-order chi connectivity index (χ0) is 14.5. The summed E-state index contributed by atoms with van der Waals surface area (Å²) in [6.45, 7) is 2.07. The van der Waals surface area contributed by atoms with Crippen LogP contribution in [0.5, 0.6) is 0 Å².